The van der Waals surface area contributed by atoms with Crippen LogP contribution in [-0.4, -0.2) is 48.5 Å². The maximum Gasteiger partial charge on any atom is 0.508 e. The quantitative estimate of drug-likeness (QED) is 0.729. The summed E-state index contributed by atoms with van der Waals surface area (Å²) in [7, 11) is 0. The van der Waals surface area contributed by atoms with Gasteiger partial charge in [-0.1, -0.05) is 11.8 Å². The molecule has 1 amide bonds. The van der Waals surface area contributed by atoms with E-state index in [4.69, 9.17) is 4.74 Å². The number of ether oxygens (including phenoxy) is 3. The van der Waals surface area contributed by atoms with Gasteiger partial charge in [0.15, 0.2) is 6.10 Å². The number of carbonyl (C=O) groups excluding carboxylic acids is 3. The minimum atomic E-state index is -0.763. The lowest BCUT2D eigenvalue weighted by Gasteiger charge is -2.12. The first kappa shape index (κ1) is 12.0. The number of carbonyl (C=O) groups is 3. The van der Waals surface area contributed by atoms with Gasteiger partial charge in [0.25, 0.3) is 0 Å². The molecule has 8 heteroatoms. The lowest BCUT2D eigenvalue weighted by atomic mass is 10.3. The molecule has 0 unspecified atom stereocenters. The van der Waals surface area contributed by atoms with Crippen LogP contribution in [0.2, 0.25) is 0 Å². The maximum atomic E-state index is 11.3. The molecule has 1 N–H and O–H groups in total. The molecule has 2 aliphatic heterocycles. The highest BCUT2D eigenvalue weighted by Crippen LogP contribution is 2.19. The fraction of sp³-hybridized carbons (Fsp3) is 0.667. The molecule has 2 saturated heterocycles. The Bertz CT molecular complexity index is 346. The molecule has 0 saturated carbocycles. The first-order valence-corrected chi connectivity index (χ1v) is 6.07. The van der Waals surface area contributed by atoms with Crippen molar-refractivity contribution in [1.82, 2.24) is 5.32 Å². The zero-order valence-electron chi connectivity index (χ0n) is 8.84. The van der Waals surface area contributed by atoms with E-state index in [9.17, 15) is 14.4 Å². The van der Waals surface area contributed by atoms with Crippen LogP contribution in [0, 0.1) is 0 Å². The molecular weight excluding hydrogens is 250 g/mol. The third kappa shape index (κ3) is 3.26. The first-order chi connectivity index (χ1) is 8.15. The van der Waals surface area contributed by atoms with E-state index in [-0.39, 0.29) is 18.3 Å². The Hall–Kier alpha value is -1.44. The third-order valence-corrected chi connectivity index (χ3v) is 3.29. The molecule has 17 heavy (non-hydrogen) atoms. The number of hydrogen-bond donors (Lipinski definition) is 1. The van der Waals surface area contributed by atoms with Crippen LogP contribution in [0.15, 0.2) is 0 Å². The van der Waals surface area contributed by atoms with Gasteiger partial charge in [0.2, 0.25) is 5.12 Å². The van der Waals surface area contributed by atoms with E-state index in [0.29, 0.717) is 12.2 Å². The normalized spacial score (nSPS) is 27.5. The maximum absolute atomic E-state index is 11.3. The van der Waals surface area contributed by atoms with Crippen molar-refractivity contribution in [3.63, 3.8) is 0 Å². The molecule has 2 fully saturated rings. The van der Waals surface area contributed by atoms with Crippen LogP contribution in [0.25, 0.3) is 0 Å². The summed E-state index contributed by atoms with van der Waals surface area (Å²) in [6.07, 6.45) is -1.41. The van der Waals surface area contributed by atoms with Gasteiger partial charge in [-0.15, -0.1) is 0 Å². The van der Waals surface area contributed by atoms with E-state index in [2.05, 4.69) is 14.8 Å². The van der Waals surface area contributed by atoms with E-state index < -0.39 is 24.4 Å². The van der Waals surface area contributed by atoms with E-state index in [1.807, 2.05) is 0 Å². The van der Waals surface area contributed by atoms with Gasteiger partial charge in [0.05, 0.1) is 0 Å². The van der Waals surface area contributed by atoms with Crippen LogP contribution in [0.5, 0.6) is 0 Å². The highest BCUT2D eigenvalue weighted by atomic mass is 32.2. The van der Waals surface area contributed by atoms with Crippen molar-refractivity contribution in [2.75, 3.05) is 19.0 Å². The average Bonchev–Trinajstić information content (AvgIpc) is 2.86. The Morgan fingerprint density at radius 1 is 1.53 bits per heavy atom. The predicted molar refractivity (Wildman–Crippen MR) is 56.6 cm³/mol. The largest absolute Gasteiger partial charge is 0.508 e. The minimum absolute atomic E-state index is 0.0578. The Kier molecular flexibility index (Phi) is 3.72. The SMILES string of the molecule is O=C(N[C@H]1CCSC1=O)OC[C@H]1COC(=O)O1. The zero-order valence-corrected chi connectivity index (χ0v) is 9.66. The molecule has 2 rings (SSSR count). The summed E-state index contributed by atoms with van der Waals surface area (Å²) in [6.45, 7) is -0.00402. The molecule has 2 heterocycles. The van der Waals surface area contributed by atoms with Crippen LogP contribution in [0.3, 0.4) is 0 Å². The second kappa shape index (κ2) is 5.26. The number of rotatable bonds is 3. The van der Waals surface area contributed by atoms with Gasteiger partial charge in [-0.05, 0) is 6.42 Å². The number of nitrogens with one attached hydrogen (secondary N) is 1. The highest BCUT2D eigenvalue weighted by molar-refractivity contribution is 8.14. The van der Waals surface area contributed by atoms with Gasteiger partial charge in [0, 0.05) is 5.75 Å². The highest BCUT2D eigenvalue weighted by Gasteiger charge is 2.29. The summed E-state index contributed by atoms with van der Waals surface area (Å²) < 4.78 is 14.0. The molecular formula is C9H11NO6S. The van der Waals surface area contributed by atoms with Crippen molar-refractivity contribution >= 4 is 29.1 Å². The summed E-state index contributed by atoms with van der Waals surface area (Å²) in [5.41, 5.74) is 0. The van der Waals surface area contributed by atoms with E-state index >= 15 is 0 Å². The Labute approximate surface area is 101 Å². The molecule has 2 aliphatic rings. The molecule has 94 valence electrons. The summed E-state index contributed by atoms with van der Waals surface area (Å²) >= 11 is 1.19. The Morgan fingerprint density at radius 2 is 2.35 bits per heavy atom. The lowest BCUT2D eigenvalue weighted by molar-refractivity contribution is -0.112. The molecule has 0 aromatic rings. The fourth-order valence-electron chi connectivity index (χ4n) is 1.43. The van der Waals surface area contributed by atoms with Gasteiger partial charge in [-0.25, -0.2) is 9.59 Å². The van der Waals surface area contributed by atoms with Crippen LogP contribution in [-0.2, 0) is 19.0 Å². The van der Waals surface area contributed by atoms with Gasteiger partial charge in [-0.2, -0.15) is 0 Å². The van der Waals surface area contributed by atoms with Gasteiger partial charge < -0.3 is 19.5 Å². The minimum Gasteiger partial charge on any atom is -0.445 e. The monoisotopic (exact) mass is 261 g/mol. The lowest BCUT2D eigenvalue weighted by Crippen LogP contribution is -2.38. The summed E-state index contributed by atoms with van der Waals surface area (Å²) in [6, 6.07) is -0.477. The van der Waals surface area contributed by atoms with Gasteiger partial charge in [0.1, 0.15) is 19.3 Å². The molecule has 0 bridgehead atoms. The van der Waals surface area contributed by atoms with Crippen LogP contribution in [0.1, 0.15) is 6.42 Å². The van der Waals surface area contributed by atoms with Crippen molar-refractivity contribution in [3.8, 4) is 0 Å². The second-order valence-corrected chi connectivity index (χ2v) is 4.65. The predicted octanol–water partition coefficient (Wildman–Crippen LogP) is 0.280. The second-order valence-electron chi connectivity index (χ2n) is 3.55. The van der Waals surface area contributed by atoms with Crippen molar-refractivity contribution in [1.29, 1.82) is 0 Å². The van der Waals surface area contributed by atoms with E-state index in [0.717, 1.165) is 0 Å². The number of amides is 1. The first-order valence-electron chi connectivity index (χ1n) is 5.08. The zero-order chi connectivity index (χ0) is 12.3. The summed E-state index contributed by atoms with van der Waals surface area (Å²) in [5, 5.41) is 2.39. The number of cyclic esters (lactones) is 2. The number of hydrogen-bond acceptors (Lipinski definition) is 7. The van der Waals surface area contributed by atoms with Crippen LogP contribution in [0.4, 0.5) is 9.59 Å². The van der Waals surface area contributed by atoms with Crippen LogP contribution >= 0.6 is 11.8 Å². The third-order valence-electron chi connectivity index (χ3n) is 2.28. The van der Waals surface area contributed by atoms with Crippen LogP contribution < -0.4 is 5.32 Å². The van der Waals surface area contributed by atoms with Crippen molar-refractivity contribution < 1.29 is 28.6 Å². The summed E-state index contributed by atoms with van der Waals surface area (Å²) in [5.74, 6) is 0.706. The topological polar surface area (TPSA) is 90.9 Å². The molecule has 0 radical (unpaired) electrons. The molecule has 0 aliphatic carbocycles. The van der Waals surface area contributed by atoms with Gasteiger partial charge >= 0.3 is 12.2 Å². The standard InChI is InChI=1S/C9H11NO6S/c11-7-6(1-2-17-7)10-8(12)14-3-5-4-15-9(13)16-5/h5-6H,1-4H2,(H,10,12)/t5-,6-/m0/s1. The molecule has 0 spiro atoms. The Morgan fingerprint density at radius 3 is 2.94 bits per heavy atom. The number of thioether (sulfide) groups is 1. The van der Waals surface area contributed by atoms with Gasteiger partial charge in [-0.3, -0.25) is 4.79 Å². The molecule has 0 aromatic carbocycles. The van der Waals surface area contributed by atoms with E-state index in [1.54, 1.807) is 0 Å². The molecule has 7 nitrogen and oxygen atoms in total. The fourth-order valence-corrected chi connectivity index (χ4v) is 2.36. The average molecular weight is 261 g/mol. The summed E-state index contributed by atoms with van der Waals surface area (Å²) in [4.78, 5) is 33.1. The molecule has 2 atom stereocenters. The van der Waals surface area contributed by atoms with E-state index in [1.165, 1.54) is 11.8 Å². The Balaban J connectivity index is 1.67. The molecule has 0 aromatic heterocycles. The number of alkyl carbamates (subject to hydrolysis) is 1. The van der Waals surface area contributed by atoms with Crippen molar-refractivity contribution in [3.05, 3.63) is 0 Å². The van der Waals surface area contributed by atoms with Crippen molar-refractivity contribution in [2.45, 2.75) is 18.6 Å². The van der Waals surface area contributed by atoms with Crippen molar-refractivity contribution in [2.24, 2.45) is 0 Å². The smallest absolute Gasteiger partial charge is 0.445 e.